The van der Waals surface area contributed by atoms with Gasteiger partial charge in [0.2, 0.25) is 0 Å². The van der Waals surface area contributed by atoms with E-state index >= 15 is 0 Å². The minimum Gasteiger partial charge on any atom is -0.494 e. The van der Waals surface area contributed by atoms with Crippen molar-refractivity contribution in [2.75, 3.05) is 25.0 Å². The number of amides is 2. The molecular weight excluding hydrogens is 326 g/mol. The van der Waals surface area contributed by atoms with E-state index in [-0.39, 0.29) is 6.03 Å². The Morgan fingerprint density at radius 3 is 2.77 bits per heavy atom. The molecule has 1 saturated heterocycles. The van der Waals surface area contributed by atoms with E-state index in [1.165, 1.54) is 10.8 Å². The molecule has 4 rings (SSSR count). The van der Waals surface area contributed by atoms with Gasteiger partial charge in [-0.1, -0.05) is 30.3 Å². The second-order valence-corrected chi connectivity index (χ2v) is 6.59. The summed E-state index contributed by atoms with van der Waals surface area (Å²) in [6.45, 7) is 2.21. The van der Waals surface area contributed by atoms with E-state index in [0.717, 1.165) is 30.9 Å². The normalized spacial score (nSPS) is 14.1. The van der Waals surface area contributed by atoms with Crippen molar-refractivity contribution in [3.05, 3.63) is 67.0 Å². The molecule has 0 spiro atoms. The first-order valence-electron chi connectivity index (χ1n) is 8.85. The first-order chi connectivity index (χ1) is 12.8. The summed E-state index contributed by atoms with van der Waals surface area (Å²) in [6, 6.07) is 18.0. The number of anilines is 1. The van der Waals surface area contributed by atoms with Crippen LogP contribution in [0.15, 0.2) is 67.0 Å². The van der Waals surface area contributed by atoms with Gasteiger partial charge in [-0.3, -0.25) is 4.98 Å². The Labute approximate surface area is 152 Å². The fourth-order valence-electron chi connectivity index (χ4n) is 3.16. The maximum absolute atomic E-state index is 12.1. The second-order valence-electron chi connectivity index (χ2n) is 6.59. The topological polar surface area (TPSA) is 54.5 Å². The van der Waals surface area contributed by atoms with Gasteiger partial charge in [0.1, 0.15) is 5.75 Å². The molecule has 0 unspecified atom stereocenters. The van der Waals surface area contributed by atoms with E-state index in [1.807, 2.05) is 29.2 Å². The molecule has 3 aromatic rings. The number of likely N-dealkylation sites (tertiary alicyclic amines) is 1. The fraction of sp³-hybridized carbons (Fsp3) is 0.238. The number of carbonyl (C=O) groups is 1. The number of hydrogen-bond acceptors (Lipinski definition) is 3. The summed E-state index contributed by atoms with van der Waals surface area (Å²) < 4.78 is 5.88. The standard InChI is InChI=1S/C21H21N3O2/c25-21(23-19-6-3-10-22-13-19)24-14-16(15-24)9-11-26-20-8-7-17-4-1-2-5-18(17)12-20/h1-8,10,12-13,16H,9,11,14-15H2,(H,23,25). The summed E-state index contributed by atoms with van der Waals surface area (Å²) in [5.41, 5.74) is 0.723. The van der Waals surface area contributed by atoms with Crippen LogP contribution < -0.4 is 10.1 Å². The van der Waals surface area contributed by atoms with Crippen molar-refractivity contribution < 1.29 is 9.53 Å². The van der Waals surface area contributed by atoms with E-state index < -0.39 is 0 Å². The van der Waals surface area contributed by atoms with Gasteiger partial charge in [-0.2, -0.15) is 0 Å². The van der Waals surface area contributed by atoms with Crippen LogP contribution in [0.2, 0.25) is 0 Å². The van der Waals surface area contributed by atoms with E-state index in [2.05, 4.69) is 34.6 Å². The lowest BCUT2D eigenvalue weighted by Gasteiger charge is -2.39. The van der Waals surface area contributed by atoms with E-state index in [1.54, 1.807) is 18.5 Å². The predicted octanol–water partition coefficient (Wildman–Crippen LogP) is 4.17. The number of nitrogens with one attached hydrogen (secondary N) is 1. The molecule has 5 heteroatoms. The number of aromatic nitrogens is 1. The molecule has 0 radical (unpaired) electrons. The first kappa shape index (κ1) is 16.4. The molecule has 0 aliphatic carbocycles. The molecule has 26 heavy (non-hydrogen) atoms. The molecule has 1 fully saturated rings. The van der Waals surface area contributed by atoms with Crippen LogP contribution in [0.4, 0.5) is 10.5 Å². The van der Waals surface area contributed by atoms with E-state index in [0.29, 0.717) is 12.5 Å². The number of carbonyl (C=O) groups excluding carboxylic acids is 1. The first-order valence-corrected chi connectivity index (χ1v) is 8.85. The minimum absolute atomic E-state index is 0.0651. The van der Waals surface area contributed by atoms with Gasteiger partial charge < -0.3 is 15.0 Å². The number of rotatable bonds is 5. The molecule has 0 atom stereocenters. The van der Waals surface area contributed by atoms with Crippen LogP contribution in [-0.2, 0) is 0 Å². The third kappa shape index (κ3) is 3.77. The zero-order chi connectivity index (χ0) is 17.8. The van der Waals surface area contributed by atoms with Gasteiger partial charge in [0.05, 0.1) is 18.5 Å². The molecule has 1 aliphatic heterocycles. The molecule has 2 amide bonds. The smallest absolute Gasteiger partial charge is 0.321 e. The van der Waals surface area contributed by atoms with Gasteiger partial charge in [-0.25, -0.2) is 4.79 Å². The quantitative estimate of drug-likeness (QED) is 0.754. The number of ether oxygens (including phenoxy) is 1. The third-order valence-electron chi connectivity index (χ3n) is 4.67. The highest BCUT2D eigenvalue weighted by atomic mass is 16.5. The average molecular weight is 347 g/mol. The Hall–Kier alpha value is -3.08. The molecule has 132 valence electrons. The zero-order valence-electron chi connectivity index (χ0n) is 14.5. The summed E-state index contributed by atoms with van der Waals surface area (Å²) >= 11 is 0. The molecule has 1 aromatic heterocycles. The number of pyridine rings is 1. The zero-order valence-corrected chi connectivity index (χ0v) is 14.5. The third-order valence-corrected chi connectivity index (χ3v) is 4.67. The van der Waals surface area contributed by atoms with Crippen molar-refractivity contribution in [1.29, 1.82) is 0 Å². The highest BCUT2D eigenvalue weighted by molar-refractivity contribution is 5.89. The van der Waals surface area contributed by atoms with Crippen LogP contribution in [0.25, 0.3) is 10.8 Å². The molecule has 2 heterocycles. The Balaban J connectivity index is 1.20. The molecule has 5 nitrogen and oxygen atoms in total. The number of benzene rings is 2. The van der Waals surface area contributed by atoms with Crippen molar-refractivity contribution >= 4 is 22.5 Å². The Morgan fingerprint density at radius 1 is 1.12 bits per heavy atom. The number of fused-ring (bicyclic) bond motifs is 1. The van der Waals surface area contributed by atoms with Gasteiger partial charge in [-0.15, -0.1) is 0 Å². The molecule has 2 aromatic carbocycles. The summed E-state index contributed by atoms with van der Waals surface area (Å²) in [5, 5.41) is 5.26. The summed E-state index contributed by atoms with van der Waals surface area (Å²) in [6.07, 6.45) is 4.28. The Bertz CT molecular complexity index is 892. The lowest BCUT2D eigenvalue weighted by atomic mass is 9.97. The lowest BCUT2D eigenvalue weighted by Crippen LogP contribution is -2.52. The van der Waals surface area contributed by atoms with Crippen LogP contribution in [-0.4, -0.2) is 35.6 Å². The molecule has 1 N–H and O–H groups in total. The predicted molar refractivity (Wildman–Crippen MR) is 102 cm³/mol. The Morgan fingerprint density at radius 2 is 1.96 bits per heavy atom. The van der Waals surface area contributed by atoms with E-state index in [4.69, 9.17) is 4.74 Å². The van der Waals surface area contributed by atoms with Crippen LogP contribution >= 0.6 is 0 Å². The van der Waals surface area contributed by atoms with Gasteiger partial charge in [0.15, 0.2) is 0 Å². The maximum Gasteiger partial charge on any atom is 0.321 e. The maximum atomic E-state index is 12.1. The number of nitrogens with zero attached hydrogens (tertiary/aromatic N) is 2. The summed E-state index contributed by atoms with van der Waals surface area (Å²) in [4.78, 5) is 17.9. The molecule has 0 saturated carbocycles. The van der Waals surface area contributed by atoms with Crippen LogP contribution in [0.3, 0.4) is 0 Å². The Kier molecular flexibility index (Phi) is 4.69. The van der Waals surface area contributed by atoms with Crippen molar-refractivity contribution in [3.63, 3.8) is 0 Å². The average Bonchev–Trinajstić information content (AvgIpc) is 2.64. The highest BCUT2D eigenvalue weighted by Crippen LogP contribution is 2.23. The summed E-state index contributed by atoms with van der Waals surface area (Å²) in [7, 11) is 0. The van der Waals surface area contributed by atoms with Gasteiger partial charge >= 0.3 is 6.03 Å². The SMILES string of the molecule is O=C(Nc1cccnc1)N1CC(CCOc2ccc3ccccc3c2)C1. The highest BCUT2D eigenvalue weighted by Gasteiger charge is 2.30. The number of urea groups is 1. The van der Waals surface area contributed by atoms with Crippen molar-refractivity contribution in [2.45, 2.75) is 6.42 Å². The van der Waals surface area contributed by atoms with Crippen LogP contribution in [0, 0.1) is 5.92 Å². The fourth-order valence-corrected chi connectivity index (χ4v) is 3.16. The van der Waals surface area contributed by atoms with Crippen molar-refractivity contribution in [1.82, 2.24) is 9.88 Å². The summed E-state index contributed by atoms with van der Waals surface area (Å²) in [5.74, 6) is 1.39. The molecular formula is C21H21N3O2. The van der Waals surface area contributed by atoms with Crippen LogP contribution in [0.5, 0.6) is 5.75 Å². The van der Waals surface area contributed by atoms with Gasteiger partial charge in [0, 0.05) is 19.3 Å². The second kappa shape index (κ2) is 7.44. The van der Waals surface area contributed by atoms with Gasteiger partial charge in [0.25, 0.3) is 0 Å². The number of hydrogen-bond donors (Lipinski definition) is 1. The van der Waals surface area contributed by atoms with E-state index in [9.17, 15) is 4.79 Å². The van der Waals surface area contributed by atoms with Crippen molar-refractivity contribution in [3.8, 4) is 5.75 Å². The van der Waals surface area contributed by atoms with Crippen LogP contribution in [0.1, 0.15) is 6.42 Å². The van der Waals surface area contributed by atoms with Crippen molar-refractivity contribution in [2.24, 2.45) is 5.92 Å². The molecule has 1 aliphatic rings. The lowest BCUT2D eigenvalue weighted by molar-refractivity contribution is 0.113. The monoisotopic (exact) mass is 347 g/mol. The minimum atomic E-state index is -0.0651. The largest absolute Gasteiger partial charge is 0.494 e. The molecule has 0 bridgehead atoms. The van der Waals surface area contributed by atoms with Gasteiger partial charge in [-0.05, 0) is 47.4 Å².